The number of amides is 2. The van der Waals surface area contributed by atoms with Crippen molar-refractivity contribution in [1.29, 1.82) is 0 Å². The molecule has 2 amide bonds. The molecule has 0 atom stereocenters. The van der Waals surface area contributed by atoms with Gasteiger partial charge >= 0.3 is 0 Å². The molecule has 0 radical (unpaired) electrons. The van der Waals surface area contributed by atoms with Crippen LogP contribution in [0.5, 0.6) is 5.75 Å². The first-order valence-corrected chi connectivity index (χ1v) is 10.4. The van der Waals surface area contributed by atoms with E-state index in [4.69, 9.17) is 4.74 Å². The maximum Gasteiger partial charge on any atom is 0.293 e. The number of nitro groups is 1. The number of thioether (sulfide) groups is 1. The van der Waals surface area contributed by atoms with Crippen molar-refractivity contribution in [3.05, 3.63) is 85.2 Å². The number of rotatable bonds is 7. The lowest BCUT2D eigenvalue weighted by atomic mass is 10.1. The predicted octanol–water partition coefficient (Wildman–Crippen LogP) is 5.33. The Labute approximate surface area is 185 Å². The summed E-state index contributed by atoms with van der Waals surface area (Å²) in [6.45, 7) is 3.92. The molecule has 9 heteroatoms. The Bertz CT molecular complexity index is 1080. The van der Waals surface area contributed by atoms with Crippen molar-refractivity contribution < 1.29 is 19.2 Å². The monoisotopic (exact) mass is 488 g/mol. The van der Waals surface area contributed by atoms with Crippen LogP contribution in [0.15, 0.2) is 58.4 Å². The minimum Gasteiger partial charge on any atom is -0.487 e. The first-order valence-electron chi connectivity index (χ1n) is 8.81. The molecule has 2 aromatic rings. The third kappa shape index (κ3) is 4.80. The largest absolute Gasteiger partial charge is 0.487 e. The van der Waals surface area contributed by atoms with Gasteiger partial charge in [0.05, 0.1) is 14.3 Å². The maximum absolute atomic E-state index is 12.1. The Morgan fingerprint density at radius 1 is 1.30 bits per heavy atom. The van der Waals surface area contributed by atoms with E-state index in [0.29, 0.717) is 27.1 Å². The van der Waals surface area contributed by atoms with E-state index in [1.54, 1.807) is 30.4 Å². The lowest BCUT2D eigenvalue weighted by Crippen LogP contribution is -2.22. The van der Waals surface area contributed by atoms with Crippen molar-refractivity contribution in [2.24, 2.45) is 0 Å². The van der Waals surface area contributed by atoms with Gasteiger partial charge < -0.3 is 4.74 Å². The van der Waals surface area contributed by atoms with Gasteiger partial charge in [-0.2, -0.15) is 0 Å². The van der Waals surface area contributed by atoms with Crippen LogP contribution in [0.1, 0.15) is 16.7 Å². The average molecular weight is 489 g/mol. The fraction of sp³-hybridized carbons (Fsp3) is 0.143. The van der Waals surface area contributed by atoms with Crippen LogP contribution >= 0.6 is 27.7 Å². The zero-order valence-electron chi connectivity index (χ0n) is 16.0. The highest BCUT2D eigenvalue weighted by Crippen LogP contribution is 2.36. The van der Waals surface area contributed by atoms with E-state index in [1.807, 2.05) is 6.07 Å². The summed E-state index contributed by atoms with van der Waals surface area (Å²) >= 11 is 4.40. The number of carbonyl (C=O) groups excluding carboxylic acids is 2. The molecule has 0 aliphatic carbocycles. The number of carbonyl (C=O) groups is 2. The van der Waals surface area contributed by atoms with E-state index in [0.717, 1.165) is 27.8 Å². The number of imide groups is 1. The molecule has 3 rings (SSSR count). The number of hydrogen-bond donors (Lipinski definition) is 0. The van der Waals surface area contributed by atoms with E-state index in [-0.39, 0.29) is 23.4 Å². The molecule has 0 spiro atoms. The van der Waals surface area contributed by atoms with Crippen LogP contribution in [-0.4, -0.2) is 28.0 Å². The number of nitrogens with zero attached hydrogens (tertiary/aromatic N) is 2. The molecule has 1 aliphatic heterocycles. The van der Waals surface area contributed by atoms with Gasteiger partial charge in [-0.3, -0.25) is 24.6 Å². The van der Waals surface area contributed by atoms with Crippen LogP contribution in [0.4, 0.5) is 10.5 Å². The van der Waals surface area contributed by atoms with Crippen LogP contribution < -0.4 is 4.74 Å². The molecular weight excluding hydrogens is 472 g/mol. The summed E-state index contributed by atoms with van der Waals surface area (Å²) in [4.78, 5) is 35.8. The summed E-state index contributed by atoms with van der Waals surface area (Å²) in [5, 5.41) is 10.6. The summed E-state index contributed by atoms with van der Waals surface area (Å²) in [5.41, 5.74) is 2.23. The third-order valence-electron chi connectivity index (χ3n) is 4.30. The molecular formula is C21H17BrN2O5S. The van der Waals surface area contributed by atoms with Gasteiger partial charge in [-0.25, -0.2) is 0 Å². The Morgan fingerprint density at radius 3 is 2.70 bits per heavy atom. The summed E-state index contributed by atoms with van der Waals surface area (Å²) in [6.07, 6.45) is 3.90. The normalized spacial score (nSPS) is 15.0. The molecule has 0 saturated carbocycles. The van der Waals surface area contributed by atoms with Gasteiger partial charge in [0, 0.05) is 19.2 Å². The number of benzene rings is 2. The van der Waals surface area contributed by atoms with E-state index in [1.165, 1.54) is 19.2 Å². The Morgan fingerprint density at radius 2 is 2.07 bits per heavy atom. The Balaban J connectivity index is 1.88. The number of likely N-dealkylation sites (N-methyl/N-ethyl adjacent to an activating group) is 1. The molecule has 7 nitrogen and oxygen atoms in total. The number of nitro benzene ring substituents is 1. The van der Waals surface area contributed by atoms with Gasteiger partial charge in [0.2, 0.25) is 0 Å². The van der Waals surface area contributed by atoms with Crippen molar-refractivity contribution >= 4 is 50.6 Å². The van der Waals surface area contributed by atoms with Gasteiger partial charge in [-0.05, 0) is 69.0 Å². The van der Waals surface area contributed by atoms with Gasteiger partial charge in [0.15, 0.2) is 0 Å². The molecule has 0 N–H and O–H groups in total. The molecule has 154 valence electrons. The quantitative estimate of drug-likeness (QED) is 0.226. The lowest BCUT2D eigenvalue weighted by molar-refractivity contribution is -0.384. The van der Waals surface area contributed by atoms with E-state index in [9.17, 15) is 19.7 Å². The predicted molar refractivity (Wildman–Crippen MR) is 119 cm³/mol. The van der Waals surface area contributed by atoms with Crippen LogP contribution in [0.3, 0.4) is 0 Å². The minimum absolute atomic E-state index is 0.00157. The smallest absolute Gasteiger partial charge is 0.293 e. The van der Waals surface area contributed by atoms with Crippen molar-refractivity contribution in [1.82, 2.24) is 4.90 Å². The van der Waals surface area contributed by atoms with Crippen molar-refractivity contribution in [2.45, 2.75) is 13.0 Å². The number of halogens is 1. The molecule has 1 aliphatic rings. The Kier molecular flexibility index (Phi) is 6.73. The summed E-state index contributed by atoms with van der Waals surface area (Å²) in [6, 6.07) is 9.91. The molecule has 1 fully saturated rings. The SMILES string of the molecule is C=CCc1cc(/C=C2\SC(=O)N(C)C2=O)cc(Br)c1OCc1cccc([N+](=O)[O-])c1. The number of non-ortho nitro benzene ring substituents is 1. The van der Waals surface area contributed by atoms with E-state index >= 15 is 0 Å². The minimum atomic E-state index is -0.449. The van der Waals surface area contributed by atoms with E-state index in [2.05, 4.69) is 22.5 Å². The zero-order chi connectivity index (χ0) is 21.8. The topological polar surface area (TPSA) is 89.8 Å². The summed E-state index contributed by atoms with van der Waals surface area (Å²) in [5.74, 6) is 0.250. The van der Waals surface area contributed by atoms with Crippen molar-refractivity contribution in [3.8, 4) is 5.75 Å². The van der Waals surface area contributed by atoms with Gasteiger partial charge in [-0.15, -0.1) is 6.58 Å². The van der Waals surface area contributed by atoms with Crippen LogP contribution in [0.2, 0.25) is 0 Å². The fourth-order valence-electron chi connectivity index (χ4n) is 2.84. The molecule has 0 unspecified atom stereocenters. The van der Waals surface area contributed by atoms with Crippen LogP contribution in [0.25, 0.3) is 6.08 Å². The standard InChI is InChI=1S/C21H17BrN2O5S/c1-3-5-15-8-14(11-18-20(25)23(2)21(26)30-18)10-17(22)19(15)29-12-13-6-4-7-16(9-13)24(27)28/h3-4,6-11H,1,5,12H2,2H3/b18-11-. The van der Waals surface area contributed by atoms with Gasteiger partial charge in [0.1, 0.15) is 12.4 Å². The Hall–Kier alpha value is -2.91. The van der Waals surface area contributed by atoms with Crippen molar-refractivity contribution in [2.75, 3.05) is 7.05 Å². The van der Waals surface area contributed by atoms with Crippen LogP contribution in [0, 0.1) is 10.1 Å². The molecule has 1 heterocycles. The highest BCUT2D eigenvalue weighted by molar-refractivity contribution is 9.10. The number of allylic oxidation sites excluding steroid dienone is 1. The number of hydrogen-bond acceptors (Lipinski definition) is 6. The third-order valence-corrected chi connectivity index (χ3v) is 5.85. The summed E-state index contributed by atoms with van der Waals surface area (Å²) in [7, 11) is 1.45. The summed E-state index contributed by atoms with van der Waals surface area (Å²) < 4.78 is 6.61. The van der Waals surface area contributed by atoms with Gasteiger partial charge in [0.25, 0.3) is 16.8 Å². The molecule has 2 aromatic carbocycles. The molecule has 0 aromatic heterocycles. The second-order valence-corrected chi connectivity index (χ2v) is 8.29. The fourth-order valence-corrected chi connectivity index (χ4v) is 4.30. The zero-order valence-corrected chi connectivity index (χ0v) is 18.4. The van der Waals surface area contributed by atoms with Gasteiger partial charge in [-0.1, -0.05) is 18.2 Å². The molecule has 0 bridgehead atoms. The first-order chi connectivity index (χ1) is 14.3. The van der Waals surface area contributed by atoms with Crippen LogP contribution in [-0.2, 0) is 17.8 Å². The molecule has 30 heavy (non-hydrogen) atoms. The first kappa shape index (κ1) is 21.8. The second-order valence-electron chi connectivity index (χ2n) is 6.44. The maximum atomic E-state index is 12.1. The highest BCUT2D eigenvalue weighted by atomic mass is 79.9. The average Bonchev–Trinajstić information content (AvgIpc) is 2.94. The number of ether oxygens (including phenoxy) is 1. The second kappa shape index (κ2) is 9.27. The van der Waals surface area contributed by atoms with Crippen molar-refractivity contribution in [3.63, 3.8) is 0 Å². The highest BCUT2D eigenvalue weighted by Gasteiger charge is 2.31. The lowest BCUT2D eigenvalue weighted by Gasteiger charge is -2.14. The molecule has 1 saturated heterocycles. The van der Waals surface area contributed by atoms with E-state index < -0.39 is 4.92 Å².